The van der Waals surface area contributed by atoms with Crippen LogP contribution in [0.2, 0.25) is 0 Å². The summed E-state index contributed by atoms with van der Waals surface area (Å²) >= 11 is 0. The van der Waals surface area contributed by atoms with Gasteiger partial charge in [0.25, 0.3) is 0 Å². The predicted molar refractivity (Wildman–Crippen MR) is 123 cm³/mol. The molecule has 4 aromatic carbocycles. The second-order valence-electron chi connectivity index (χ2n) is 7.61. The minimum absolute atomic E-state index is 0.297. The number of carboxylic acid groups (broad SMARTS) is 1. The molecule has 0 aliphatic heterocycles. The zero-order valence-electron chi connectivity index (χ0n) is 16.9. The highest BCUT2D eigenvalue weighted by Crippen LogP contribution is 2.28. The first-order chi connectivity index (χ1) is 15.2. The van der Waals surface area contributed by atoms with Crippen molar-refractivity contribution in [3.05, 3.63) is 114 Å². The number of carboxylic acids is 1. The van der Waals surface area contributed by atoms with Crippen LogP contribution in [0.3, 0.4) is 0 Å². The Morgan fingerprint density at radius 2 is 1.58 bits per heavy atom. The normalized spacial score (nSPS) is 11.1. The SMILES string of the molecule is O=C(O)c1cn(Cc2ccc3ccccc3c2)c2cc(OCc3ccccc3)ccc12. The minimum atomic E-state index is -0.930. The number of nitrogens with zero attached hydrogens (tertiary/aromatic N) is 1. The lowest BCUT2D eigenvalue weighted by atomic mass is 10.1. The van der Waals surface area contributed by atoms with Gasteiger partial charge in [-0.1, -0.05) is 66.7 Å². The number of hydrogen-bond acceptors (Lipinski definition) is 2. The quantitative estimate of drug-likeness (QED) is 0.369. The smallest absolute Gasteiger partial charge is 0.337 e. The van der Waals surface area contributed by atoms with Gasteiger partial charge in [0, 0.05) is 24.2 Å². The molecule has 1 heterocycles. The second kappa shape index (κ2) is 8.00. The Bertz CT molecular complexity index is 1390. The van der Waals surface area contributed by atoms with E-state index in [-0.39, 0.29) is 0 Å². The molecule has 0 atom stereocenters. The summed E-state index contributed by atoms with van der Waals surface area (Å²) in [4.78, 5) is 11.8. The van der Waals surface area contributed by atoms with Crippen LogP contribution in [0.15, 0.2) is 97.2 Å². The lowest BCUT2D eigenvalue weighted by Gasteiger charge is -2.10. The van der Waals surface area contributed by atoms with Gasteiger partial charge >= 0.3 is 5.97 Å². The zero-order valence-corrected chi connectivity index (χ0v) is 16.9. The first-order valence-electron chi connectivity index (χ1n) is 10.2. The summed E-state index contributed by atoms with van der Waals surface area (Å²) in [5.74, 6) is -0.216. The van der Waals surface area contributed by atoms with Crippen molar-refractivity contribution in [3.63, 3.8) is 0 Å². The van der Waals surface area contributed by atoms with Gasteiger partial charge < -0.3 is 14.4 Å². The van der Waals surface area contributed by atoms with Crippen molar-refractivity contribution >= 4 is 27.6 Å². The van der Waals surface area contributed by atoms with Crippen LogP contribution in [0.1, 0.15) is 21.5 Å². The van der Waals surface area contributed by atoms with Gasteiger partial charge in [-0.25, -0.2) is 4.79 Å². The van der Waals surface area contributed by atoms with E-state index in [1.165, 1.54) is 10.8 Å². The molecular weight excluding hydrogens is 386 g/mol. The first-order valence-corrected chi connectivity index (χ1v) is 10.2. The Balaban J connectivity index is 1.50. The van der Waals surface area contributed by atoms with Crippen LogP contribution in [-0.4, -0.2) is 15.6 Å². The number of aromatic nitrogens is 1. The van der Waals surface area contributed by atoms with E-state index >= 15 is 0 Å². The van der Waals surface area contributed by atoms with Crippen molar-refractivity contribution in [2.45, 2.75) is 13.2 Å². The third-order valence-corrected chi connectivity index (χ3v) is 5.50. The van der Waals surface area contributed by atoms with Crippen molar-refractivity contribution < 1.29 is 14.6 Å². The van der Waals surface area contributed by atoms with Crippen LogP contribution in [0, 0.1) is 0 Å². The molecule has 0 aliphatic rings. The monoisotopic (exact) mass is 407 g/mol. The molecule has 0 bridgehead atoms. The minimum Gasteiger partial charge on any atom is -0.489 e. The van der Waals surface area contributed by atoms with E-state index in [1.807, 2.05) is 65.2 Å². The van der Waals surface area contributed by atoms with Crippen molar-refractivity contribution in [1.82, 2.24) is 4.57 Å². The van der Waals surface area contributed by atoms with Gasteiger partial charge in [0.05, 0.1) is 11.1 Å². The van der Waals surface area contributed by atoms with E-state index in [2.05, 4.69) is 30.3 Å². The molecule has 5 rings (SSSR count). The summed E-state index contributed by atoms with van der Waals surface area (Å²) in [6, 6.07) is 30.1. The van der Waals surface area contributed by atoms with Gasteiger partial charge in [0.15, 0.2) is 0 Å². The molecule has 1 N–H and O–H groups in total. The van der Waals surface area contributed by atoms with Gasteiger partial charge in [-0.15, -0.1) is 0 Å². The number of carbonyl (C=O) groups is 1. The van der Waals surface area contributed by atoms with Crippen molar-refractivity contribution in [3.8, 4) is 5.75 Å². The topological polar surface area (TPSA) is 51.5 Å². The molecule has 5 aromatic rings. The summed E-state index contributed by atoms with van der Waals surface area (Å²) in [7, 11) is 0. The molecule has 0 unspecified atom stereocenters. The van der Waals surface area contributed by atoms with Crippen molar-refractivity contribution in [2.24, 2.45) is 0 Å². The Morgan fingerprint density at radius 1 is 0.806 bits per heavy atom. The number of aromatic carboxylic acids is 1. The van der Waals surface area contributed by atoms with E-state index in [4.69, 9.17) is 4.74 Å². The molecular formula is C27H21NO3. The molecule has 0 radical (unpaired) electrons. The fourth-order valence-electron chi connectivity index (χ4n) is 3.94. The third-order valence-electron chi connectivity index (χ3n) is 5.50. The predicted octanol–water partition coefficient (Wildman–Crippen LogP) is 6.12. The average Bonchev–Trinajstić information content (AvgIpc) is 3.16. The first kappa shape index (κ1) is 18.9. The summed E-state index contributed by atoms with van der Waals surface area (Å²) in [5.41, 5.74) is 3.34. The Morgan fingerprint density at radius 3 is 2.39 bits per heavy atom. The molecule has 31 heavy (non-hydrogen) atoms. The standard InChI is InChI=1S/C27H21NO3/c29-27(30)25-17-28(16-20-10-11-21-8-4-5-9-22(21)14-20)26-15-23(12-13-24(25)26)31-18-19-6-2-1-3-7-19/h1-15,17H,16,18H2,(H,29,30). The highest BCUT2D eigenvalue weighted by molar-refractivity contribution is 6.03. The number of benzene rings is 4. The van der Waals surface area contributed by atoms with Crippen LogP contribution in [0.4, 0.5) is 0 Å². The molecule has 0 amide bonds. The molecule has 0 saturated heterocycles. The second-order valence-corrected chi connectivity index (χ2v) is 7.61. The largest absolute Gasteiger partial charge is 0.489 e. The molecule has 4 heteroatoms. The maximum absolute atomic E-state index is 11.8. The van der Waals surface area contributed by atoms with Gasteiger partial charge in [-0.2, -0.15) is 0 Å². The summed E-state index contributed by atoms with van der Waals surface area (Å²) < 4.78 is 7.96. The van der Waals surface area contributed by atoms with Crippen LogP contribution >= 0.6 is 0 Å². The Labute approximate surface area is 179 Å². The van der Waals surface area contributed by atoms with Crippen molar-refractivity contribution in [2.75, 3.05) is 0 Å². The van der Waals surface area contributed by atoms with E-state index in [1.54, 1.807) is 6.20 Å². The van der Waals surface area contributed by atoms with E-state index < -0.39 is 5.97 Å². The molecule has 0 aliphatic carbocycles. The lowest BCUT2D eigenvalue weighted by molar-refractivity contribution is 0.0699. The van der Waals surface area contributed by atoms with Crippen LogP contribution in [-0.2, 0) is 13.2 Å². The fraction of sp³-hybridized carbons (Fsp3) is 0.0741. The van der Waals surface area contributed by atoms with Crippen molar-refractivity contribution in [1.29, 1.82) is 0 Å². The summed E-state index contributed by atoms with van der Waals surface area (Å²) in [5, 5.41) is 12.7. The molecule has 1 aromatic heterocycles. The Hall–Kier alpha value is -4.05. The van der Waals surface area contributed by atoms with Gasteiger partial charge in [-0.3, -0.25) is 0 Å². The highest BCUT2D eigenvalue weighted by atomic mass is 16.5. The van der Waals surface area contributed by atoms with Crippen LogP contribution < -0.4 is 4.74 Å². The van der Waals surface area contributed by atoms with Crippen LogP contribution in [0.25, 0.3) is 21.7 Å². The van der Waals surface area contributed by atoms with E-state index in [0.717, 1.165) is 16.6 Å². The molecule has 0 saturated carbocycles. The van der Waals surface area contributed by atoms with Gasteiger partial charge in [0.2, 0.25) is 0 Å². The van der Waals surface area contributed by atoms with Gasteiger partial charge in [0.1, 0.15) is 12.4 Å². The highest BCUT2D eigenvalue weighted by Gasteiger charge is 2.15. The molecule has 0 spiro atoms. The maximum atomic E-state index is 11.8. The summed E-state index contributed by atoms with van der Waals surface area (Å²) in [6.45, 7) is 1.04. The fourth-order valence-corrected chi connectivity index (χ4v) is 3.94. The molecule has 4 nitrogen and oxygen atoms in total. The average molecular weight is 407 g/mol. The molecule has 0 fully saturated rings. The number of ether oxygens (including phenoxy) is 1. The number of hydrogen-bond donors (Lipinski definition) is 1. The summed E-state index contributed by atoms with van der Waals surface area (Å²) in [6.07, 6.45) is 1.71. The Kier molecular flexibility index (Phi) is 4.89. The van der Waals surface area contributed by atoms with Crippen LogP contribution in [0.5, 0.6) is 5.75 Å². The van der Waals surface area contributed by atoms with E-state index in [9.17, 15) is 9.90 Å². The number of rotatable bonds is 6. The zero-order chi connectivity index (χ0) is 21.2. The maximum Gasteiger partial charge on any atom is 0.337 e. The number of fused-ring (bicyclic) bond motifs is 2. The third kappa shape index (κ3) is 3.88. The molecule has 152 valence electrons. The van der Waals surface area contributed by atoms with Gasteiger partial charge in [-0.05, 0) is 40.1 Å². The van der Waals surface area contributed by atoms with E-state index in [0.29, 0.717) is 29.9 Å². The lowest BCUT2D eigenvalue weighted by Crippen LogP contribution is -1.99.